The molecule has 1 unspecified atom stereocenters. The van der Waals surface area contributed by atoms with Crippen LogP contribution in [0.1, 0.15) is 38.8 Å². The molecule has 0 spiro atoms. The Morgan fingerprint density at radius 1 is 1.19 bits per heavy atom. The highest BCUT2D eigenvalue weighted by Gasteiger charge is 2.38. The normalized spacial score (nSPS) is 15.5. The molecule has 1 atom stereocenters. The summed E-state index contributed by atoms with van der Waals surface area (Å²) in [7, 11) is 0. The summed E-state index contributed by atoms with van der Waals surface area (Å²) in [6, 6.07) is 9.96. The first-order chi connectivity index (χ1) is 14.8. The summed E-state index contributed by atoms with van der Waals surface area (Å²) in [6.07, 6.45) is 0.741. The van der Waals surface area contributed by atoms with Crippen LogP contribution in [0.15, 0.2) is 36.4 Å². The number of para-hydroxylation sites is 1. The first-order valence-corrected chi connectivity index (χ1v) is 10.4. The average molecular weight is 425 g/mol. The third-order valence-electron chi connectivity index (χ3n) is 5.38. The molecular weight excluding hydrogens is 398 g/mol. The highest BCUT2D eigenvalue weighted by atomic mass is 16.6. The van der Waals surface area contributed by atoms with Crippen molar-refractivity contribution in [2.24, 2.45) is 5.92 Å². The molecule has 0 saturated carbocycles. The second kappa shape index (κ2) is 9.16. The minimum atomic E-state index is -0.768. The van der Waals surface area contributed by atoms with Gasteiger partial charge in [0.05, 0.1) is 10.6 Å². The Kier molecular flexibility index (Phi) is 6.58. The van der Waals surface area contributed by atoms with Gasteiger partial charge in [0.2, 0.25) is 5.91 Å². The van der Waals surface area contributed by atoms with E-state index in [-0.39, 0.29) is 29.7 Å². The maximum atomic E-state index is 13.1. The summed E-state index contributed by atoms with van der Waals surface area (Å²) in [5.74, 6) is -0.544. The van der Waals surface area contributed by atoms with Gasteiger partial charge in [-0.2, -0.15) is 0 Å². The molecule has 1 N–H and O–H groups in total. The van der Waals surface area contributed by atoms with E-state index in [2.05, 4.69) is 5.32 Å². The van der Waals surface area contributed by atoms with Gasteiger partial charge in [0.15, 0.2) is 6.10 Å². The van der Waals surface area contributed by atoms with Crippen LogP contribution in [0.5, 0.6) is 5.75 Å². The van der Waals surface area contributed by atoms with E-state index in [1.54, 1.807) is 0 Å². The van der Waals surface area contributed by atoms with Crippen molar-refractivity contribution in [2.45, 2.75) is 46.6 Å². The van der Waals surface area contributed by atoms with E-state index < -0.39 is 16.9 Å². The molecule has 1 heterocycles. The monoisotopic (exact) mass is 425 g/mol. The van der Waals surface area contributed by atoms with Crippen molar-refractivity contribution in [3.63, 3.8) is 0 Å². The molecule has 0 radical (unpaired) electrons. The van der Waals surface area contributed by atoms with Crippen molar-refractivity contribution in [2.75, 3.05) is 16.8 Å². The predicted molar refractivity (Wildman–Crippen MR) is 119 cm³/mol. The number of hydrogen-bond donors (Lipinski definition) is 1. The van der Waals surface area contributed by atoms with Gasteiger partial charge >= 0.3 is 0 Å². The summed E-state index contributed by atoms with van der Waals surface area (Å²) >= 11 is 0. The zero-order valence-corrected chi connectivity index (χ0v) is 18.2. The van der Waals surface area contributed by atoms with Crippen LogP contribution >= 0.6 is 0 Å². The number of rotatable bonds is 7. The third-order valence-corrected chi connectivity index (χ3v) is 5.38. The molecule has 2 amide bonds. The molecule has 31 heavy (non-hydrogen) atoms. The lowest BCUT2D eigenvalue weighted by Crippen LogP contribution is -2.50. The van der Waals surface area contributed by atoms with Crippen molar-refractivity contribution in [1.82, 2.24) is 0 Å². The lowest BCUT2D eigenvalue weighted by molar-refractivity contribution is -0.384. The molecule has 3 rings (SSSR count). The number of benzene rings is 2. The smallest absolute Gasteiger partial charge is 0.271 e. The summed E-state index contributed by atoms with van der Waals surface area (Å²) < 4.78 is 5.80. The van der Waals surface area contributed by atoms with E-state index in [9.17, 15) is 19.7 Å². The van der Waals surface area contributed by atoms with Gasteiger partial charge in [0.25, 0.3) is 11.6 Å². The Morgan fingerprint density at radius 2 is 1.84 bits per heavy atom. The largest absolute Gasteiger partial charge is 0.478 e. The van der Waals surface area contributed by atoms with E-state index in [4.69, 9.17) is 4.74 Å². The average Bonchev–Trinajstić information content (AvgIpc) is 2.74. The first kappa shape index (κ1) is 22.3. The maximum Gasteiger partial charge on any atom is 0.271 e. The van der Waals surface area contributed by atoms with Crippen LogP contribution in [0.4, 0.5) is 17.1 Å². The van der Waals surface area contributed by atoms with Gasteiger partial charge in [-0.3, -0.25) is 24.6 Å². The fraction of sp³-hybridized carbons (Fsp3) is 0.391. The molecule has 1 aliphatic heterocycles. The number of carbonyl (C=O) groups is 2. The highest BCUT2D eigenvalue weighted by molar-refractivity contribution is 6.06. The van der Waals surface area contributed by atoms with E-state index in [0.717, 1.165) is 29.7 Å². The molecule has 164 valence electrons. The Labute approximate surface area is 181 Å². The molecule has 1 aliphatic rings. The molecule has 0 fully saturated rings. The number of aryl methyl sites for hydroxylation is 2. The Morgan fingerprint density at radius 3 is 2.39 bits per heavy atom. The van der Waals surface area contributed by atoms with Gasteiger partial charge in [0.1, 0.15) is 12.3 Å². The molecule has 0 aromatic heterocycles. The SMILES string of the molecule is CCc1cccc(CC)c1NC(=O)CN1C(=O)C(C(C)C)Oc2ccc([N+](=O)[O-])cc21. The minimum absolute atomic E-state index is 0.131. The number of nitrogens with one attached hydrogen (secondary N) is 1. The molecule has 2 aromatic rings. The van der Waals surface area contributed by atoms with Crippen molar-refractivity contribution in [3.8, 4) is 5.75 Å². The molecule has 0 bridgehead atoms. The molecule has 8 heteroatoms. The number of nitrogens with zero attached hydrogens (tertiary/aromatic N) is 2. The predicted octanol–water partition coefficient (Wildman–Crippen LogP) is 4.11. The Balaban J connectivity index is 1.94. The summed E-state index contributed by atoms with van der Waals surface area (Å²) in [4.78, 5) is 38.1. The van der Waals surface area contributed by atoms with Gasteiger partial charge < -0.3 is 10.1 Å². The zero-order chi connectivity index (χ0) is 22.7. The quantitative estimate of drug-likeness (QED) is 0.531. The molecule has 2 aromatic carbocycles. The number of nitro groups is 1. The molecule has 8 nitrogen and oxygen atoms in total. The van der Waals surface area contributed by atoms with Crippen LogP contribution in [0.3, 0.4) is 0 Å². The van der Waals surface area contributed by atoms with E-state index in [1.807, 2.05) is 45.9 Å². The second-order valence-electron chi connectivity index (χ2n) is 7.82. The van der Waals surface area contributed by atoms with Crippen LogP contribution in [-0.2, 0) is 22.4 Å². The third kappa shape index (κ3) is 4.52. The number of hydrogen-bond acceptors (Lipinski definition) is 5. The summed E-state index contributed by atoms with van der Waals surface area (Å²) in [6.45, 7) is 7.46. The van der Waals surface area contributed by atoms with Crippen LogP contribution < -0.4 is 15.0 Å². The number of anilines is 2. The topological polar surface area (TPSA) is 102 Å². The lowest BCUT2D eigenvalue weighted by atomic mass is 10.0. The van der Waals surface area contributed by atoms with Gasteiger partial charge in [-0.1, -0.05) is 45.9 Å². The summed E-state index contributed by atoms with van der Waals surface area (Å²) in [5, 5.41) is 14.2. The minimum Gasteiger partial charge on any atom is -0.478 e. The zero-order valence-electron chi connectivity index (χ0n) is 18.2. The lowest BCUT2D eigenvalue weighted by Gasteiger charge is -2.35. The van der Waals surface area contributed by atoms with Crippen molar-refractivity contribution in [1.29, 1.82) is 0 Å². The van der Waals surface area contributed by atoms with Gasteiger partial charge in [-0.25, -0.2) is 0 Å². The fourth-order valence-electron chi connectivity index (χ4n) is 3.70. The molecule has 0 aliphatic carbocycles. The van der Waals surface area contributed by atoms with Gasteiger partial charge in [-0.05, 0) is 36.0 Å². The Hall–Kier alpha value is -3.42. The number of ether oxygens (including phenoxy) is 1. The number of non-ortho nitro benzene ring substituents is 1. The van der Waals surface area contributed by atoms with Crippen LogP contribution in [-0.4, -0.2) is 29.4 Å². The van der Waals surface area contributed by atoms with Crippen LogP contribution in [0, 0.1) is 16.0 Å². The van der Waals surface area contributed by atoms with E-state index in [1.165, 1.54) is 23.1 Å². The molecule has 0 saturated heterocycles. The Bertz CT molecular complexity index is 996. The fourth-order valence-corrected chi connectivity index (χ4v) is 3.70. The van der Waals surface area contributed by atoms with Crippen molar-refractivity contribution < 1.29 is 19.2 Å². The van der Waals surface area contributed by atoms with E-state index >= 15 is 0 Å². The standard InChI is InChI=1S/C23H27N3O5/c1-5-15-8-7-9-16(6-2)21(15)24-20(27)13-25-18-12-17(26(29)30)10-11-19(18)31-22(14(3)4)23(25)28/h7-12,14,22H,5-6,13H2,1-4H3,(H,24,27). The number of amides is 2. The number of carbonyl (C=O) groups excluding carboxylic acids is 2. The van der Waals surface area contributed by atoms with Gasteiger partial charge in [0, 0.05) is 17.8 Å². The van der Waals surface area contributed by atoms with Gasteiger partial charge in [-0.15, -0.1) is 0 Å². The first-order valence-electron chi connectivity index (χ1n) is 10.4. The highest BCUT2D eigenvalue weighted by Crippen LogP contribution is 2.38. The van der Waals surface area contributed by atoms with Crippen LogP contribution in [0.25, 0.3) is 0 Å². The maximum absolute atomic E-state index is 13.1. The molecular formula is C23H27N3O5. The number of fused-ring (bicyclic) bond motifs is 1. The second-order valence-corrected chi connectivity index (χ2v) is 7.82. The number of nitro benzene ring substituents is 1. The van der Waals surface area contributed by atoms with Crippen LogP contribution in [0.2, 0.25) is 0 Å². The van der Waals surface area contributed by atoms with E-state index in [0.29, 0.717) is 5.75 Å². The van der Waals surface area contributed by atoms with Crippen molar-refractivity contribution >= 4 is 28.9 Å². The van der Waals surface area contributed by atoms with Crippen molar-refractivity contribution in [3.05, 3.63) is 57.6 Å². The summed E-state index contributed by atoms with van der Waals surface area (Å²) in [5.41, 5.74) is 2.84.